The standard InChI is InChI=1S/C28H28ClF3N4O5/c1-16(39-3)9-23(27(38)33-19-6-7-22-17(10-19)13-35(2)34-22)36-14-25(40-4)21(12-26(36)37)20-11-18(29)5-8-24(20)41-15-28(30,31)32/h5-8,10-14,16,23H,9,15H2,1-4H3,(H,33,38)/t16-,23?/m0/s1. The van der Waals surface area contributed by atoms with Gasteiger partial charge in [0.05, 0.1) is 24.9 Å². The quantitative estimate of drug-likeness (QED) is 0.257. The molecule has 1 unspecified atom stereocenters. The summed E-state index contributed by atoms with van der Waals surface area (Å²) in [6, 6.07) is 9.42. The second-order valence-electron chi connectivity index (χ2n) is 9.41. The number of halogens is 4. The molecule has 41 heavy (non-hydrogen) atoms. The first-order chi connectivity index (χ1) is 19.4. The van der Waals surface area contributed by atoms with Crippen molar-refractivity contribution in [3.05, 3.63) is 70.2 Å². The van der Waals surface area contributed by atoms with Gasteiger partial charge in [0.2, 0.25) is 5.91 Å². The molecule has 9 nitrogen and oxygen atoms in total. The van der Waals surface area contributed by atoms with Gasteiger partial charge in [-0.2, -0.15) is 18.3 Å². The van der Waals surface area contributed by atoms with Crippen molar-refractivity contribution in [1.29, 1.82) is 0 Å². The van der Waals surface area contributed by atoms with Gasteiger partial charge in [0, 0.05) is 60.1 Å². The number of nitrogens with zero attached hydrogens (tertiary/aromatic N) is 3. The highest BCUT2D eigenvalue weighted by Gasteiger charge is 2.30. The van der Waals surface area contributed by atoms with Gasteiger partial charge in [-0.3, -0.25) is 18.8 Å². The number of fused-ring (bicyclic) bond motifs is 1. The van der Waals surface area contributed by atoms with Gasteiger partial charge in [-0.25, -0.2) is 0 Å². The molecule has 0 radical (unpaired) electrons. The Labute approximate surface area is 238 Å². The number of methoxy groups -OCH3 is 2. The van der Waals surface area contributed by atoms with E-state index in [1.165, 1.54) is 49.2 Å². The fraction of sp³-hybridized carbons (Fsp3) is 0.321. The van der Waals surface area contributed by atoms with Crippen LogP contribution in [0.25, 0.3) is 22.0 Å². The average molecular weight is 593 g/mol. The molecule has 0 aliphatic carbocycles. The summed E-state index contributed by atoms with van der Waals surface area (Å²) in [6.45, 7) is 0.220. The van der Waals surface area contributed by atoms with E-state index in [1.54, 1.807) is 36.9 Å². The molecular formula is C28H28ClF3N4O5. The number of hydrogen-bond acceptors (Lipinski definition) is 6. The largest absolute Gasteiger partial charge is 0.495 e. The number of carbonyl (C=O) groups excluding carboxylic acids is 1. The Morgan fingerprint density at radius 1 is 1.07 bits per heavy atom. The van der Waals surface area contributed by atoms with Crippen LogP contribution in [0.2, 0.25) is 5.02 Å². The molecule has 0 saturated heterocycles. The van der Waals surface area contributed by atoms with Crippen LogP contribution in [0, 0.1) is 0 Å². The van der Waals surface area contributed by atoms with Crippen molar-refractivity contribution in [2.45, 2.75) is 31.7 Å². The summed E-state index contributed by atoms with van der Waals surface area (Å²) in [6.07, 6.45) is -1.70. The fourth-order valence-corrected chi connectivity index (χ4v) is 4.53. The molecule has 218 valence electrons. The van der Waals surface area contributed by atoms with E-state index in [2.05, 4.69) is 10.4 Å². The van der Waals surface area contributed by atoms with Gasteiger partial charge >= 0.3 is 6.18 Å². The van der Waals surface area contributed by atoms with E-state index in [4.69, 9.17) is 25.8 Å². The predicted octanol–water partition coefficient (Wildman–Crippen LogP) is 5.61. The van der Waals surface area contributed by atoms with E-state index >= 15 is 0 Å². The molecular weight excluding hydrogens is 565 g/mol. The summed E-state index contributed by atoms with van der Waals surface area (Å²) in [5, 5.41) is 8.20. The number of hydrogen-bond donors (Lipinski definition) is 1. The van der Waals surface area contributed by atoms with Crippen LogP contribution in [-0.2, 0) is 16.6 Å². The Bertz CT molecular complexity index is 1620. The zero-order chi connectivity index (χ0) is 29.9. The molecule has 2 heterocycles. The summed E-state index contributed by atoms with van der Waals surface area (Å²) >= 11 is 6.13. The minimum absolute atomic E-state index is 0.114. The lowest BCUT2D eigenvalue weighted by atomic mass is 10.0. The molecule has 0 saturated carbocycles. The van der Waals surface area contributed by atoms with Crippen LogP contribution >= 0.6 is 11.6 Å². The molecule has 4 aromatic rings. The first-order valence-electron chi connectivity index (χ1n) is 12.4. The zero-order valence-electron chi connectivity index (χ0n) is 22.7. The Morgan fingerprint density at radius 3 is 2.49 bits per heavy atom. The van der Waals surface area contributed by atoms with Crippen molar-refractivity contribution >= 4 is 34.1 Å². The van der Waals surface area contributed by atoms with Gasteiger partial charge < -0.3 is 19.5 Å². The fourth-order valence-electron chi connectivity index (χ4n) is 4.35. The monoisotopic (exact) mass is 592 g/mol. The van der Waals surface area contributed by atoms with E-state index in [1.807, 2.05) is 6.20 Å². The van der Waals surface area contributed by atoms with Gasteiger partial charge in [0.25, 0.3) is 5.56 Å². The highest BCUT2D eigenvalue weighted by atomic mass is 35.5. The molecule has 2 aromatic heterocycles. The molecule has 0 fully saturated rings. The maximum atomic E-state index is 13.6. The van der Waals surface area contributed by atoms with Crippen molar-refractivity contribution in [1.82, 2.24) is 14.3 Å². The number of anilines is 1. The highest BCUT2D eigenvalue weighted by molar-refractivity contribution is 6.31. The maximum Gasteiger partial charge on any atom is 0.422 e. The number of aromatic nitrogens is 3. The molecule has 0 aliphatic heterocycles. The minimum atomic E-state index is -4.58. The molecule has 2 atom stereocenters. The average Bonchev–Trinajstić information content (AvgIpc) is 3.29. The summed E-state index contributed by atoms with van der Waals surface area (Å²) in [7, 11) is 4.62. The lowest BCUT2D eigenvalue weighted by Gasteiger charge is -2.24. The second-order valence-corrected chi connectivity index (χ2v) is 9.85. The van der Waals surface area contributed by atoms with Crippen LogP contribution in [0.1, 0.15) is 19.4 Å². The number of nitrogens with one attached hydrogen (secondary N) is 1. The van der Waals surface area contributed by atoms with Crippen LogP contribution in [0.4, 0.5) is 18.9 Å². The van der Waals surface area contributed by atoms with Gasteiger partial charge in [0.1, 0.15) is 17.5 Å². The number of ether oxygens (including phenoxy) is 3. The SMILES string of the molecule is COc1cn(C(C[C@H](C)OC)C(=O)Nc2ccc3nn(C)cc3c2)c(=O)cc1-c1cc(Cl)ccc1OCC(F)(F)F. The minimum Gasteiger partial charge on any atom is -0.495 e. The lowest BCUT2D eigenvalue weighted by molar-refractivity contribution is -0.153. The summed E-state index contributed by atoms with van der Waals surface area (Å²) in [5.41, 5.74) is 0.931. The van der Waals surface area contributed by atoms with Crippen LogP contribution in [0.5, 0.6) is 11.5 Å². The summed E-state index contributed by atoms with van der Waals surface area (Å²) in [4.78, 5) is 27.0. The third kappa shape index (κ3) is 7.19. The Hall–Kier alpha value is -4.03. The number of pyridine rings is 1. The van der Waals surface area contributed by atoms with E-state index in [-0.39, 0.29) is 34.1 Å². The lowest BCUT2D eigenvalue weighted by Crippen LogP contribution is -2.35. The van der Waals surface area contributed by atoms with Crippen LogP contribution in [0.3, 0.4) is 0 Å². The van der Waals surface area contributed by atoms with Crippen LogP contribution < -0.4 is 20.3 Å². The van der Waals surface area contributed by atoms with Crippen LogP contribution in [-0.4, -0.2) is 53.4 Å². The molecule has 1 amide bonds. The molecule has 2 aromatic carbocycles. The number of carbonyl (C=O) groups is 1. The Balaban J connectivity index is 1.74. The van der Waals surface area contributed by atoms with Crippen molar-refractivity contribution in [3.63, 3.8) is 0 Å². The molecule has 0 bridgehead atoms. The number of alkyl halides is 3. The Morgan fingerprint density at radius 2 is 1.80 bits per heavy atom. The van der Waals surface area contributed by atoms with E-state index < -0.39 is 36.4 Å². The van der Waals surface area contributed by atoms with Crippen molar-refractivity contribution in [3.8, 4) is 22.6 Å². The van der Waals surface area contributed by atoms with Crippen molar-refractivity contribution < 1.29 is 32.2 Å². The molecule has 0 aliphatic rings. The van der Waals surface area contributed by atoms with E-state index in [9.17, 15) is 22.8 Å². The summed E-state index contributed by atoms with van der Waals surface area (Å²) < 4.78 is 57.4. The second kappa shape index (κ2) is 12.2. The first-order valence-corrected chi connectivity index (χ1v) is 12.8. The predicted molar refractivity (Wildman–Crippen MR) is 149 cm³/mol. The van der Waals surface area contributed by atoms with E-state index in [0.29, 0.717) is 5.69 Å². The normalized spacial score (nSPS) is 13.2. The smallest absolute Gasteiger partial charge is 0.422 e. The van der Waals surface area contributed by atoms with Crippen molar-refractivity contribution in [2.24, 2.45) is 7.05 Å². The third-order valence-corrected chi connectivity index (χ3v) is 6.60. The highest BCUT2D eigenvalue weighted by Crippen LogP contribution is 2.38. The van der Waals surface area contributed by atoms with Gasteiger partial charge in [-0.05, 0) is 43.3 Å². The van der Waals surface area contributed by atoms with E-state index in [0.717, 1.165) is 10.9 Å². The molecule has 4 rings (SSSR count). The number of amides is 1. The van der Waals surface area contributed by atoms with Gasteiger partial charge in [-0.15, -0.1) is 0 Å². The maximum absolute atomic E-state index is 13.6. The number of benzene rings is 2. The third-order valence-electron chi connectivity index (χ3n) is 6.37. The van der Waals surface area contributed by atoms with Crippen molar-refractivity contribution in [2.75, 3.05) is 26.1 Å². The number of rotatable bonds is 10. The Kier molecular flexibility index (Phi) is 8.93. The topological polar surface area (TPSA) is 96.6 Å². The molecule has 1 N–H and O–H groups in total. The summed E-state index contributed by atoms with van der Waals surface area (Å²) in [5.74, 6) is -0.510. The van der Waals surface area contributed by atoms with Gasteiger partial charge in [0.15, 0.2) is 6.61 Å². The number of aryl methyl sites for hydroxylation is 1. The molecule has 0 spiro atoms. The molecule has 13 heteroatoms. The first kappa shape index (κ1) is 29.9. The zero-order valence-corrected chi connectivity index (χ0v) is 23.4. The van der Waals surface area contributed by atoms with Crippen LogP contribution in [0.15, 0.2) is 59.7 Å². The van der Waals surface area contributed by atoms with Gasteiger partial charge in [-0.1, -0.05) is 11.6 Å².